The zero-order valence-corrected chi connectivity index (χ0v) is 17.9. The van der Waals surface area contributed by atoms with Gasteiger partial charge in [-0.15, -0.1) is 22.7 Å². The van der Waals surface area contributed by atoms with Crippen LogP contribution in [-0.4, -0.2) is 20.8 Å². The van der Waals surface area contributed by atoms with Gasteiger partial charge in [-0.2, -0.15) is 0 Å². The number of anilines is 1. The first kappa shape index (κ1) is 18.8. The van der Waals surface area contributed by atoms with Gasteiger partial charge in [0.05, 0.1) is 36.5 Å². The number of carbonyl (C=O) groups excluding carboxylic acids is 1. The number of nitro benzene ring substituents is 1. The van der Waals surface area contributed by atoms with Crippen molar-refractivity contribution in [1.82, 2.24) is 9.97 Å². The van der Waals surface area contributed by atoms with Crippen molar-refractivity contribution in [3.05, 3.63) is 92.4 Å². The van der Waals surface area contributed by atoms with Crippen molar-refractivity contribution in [3.8, 4) is 0 Å². The fourth-order valence-electron chi connectivity index (χ4n) is 3.78. The first-order chi connectivity index (χ1) is 15.6. The number of non-ortho nitro benzene ring substituents is 1. The van der Waals surface area contributed by atoms with Crippen LogP contribution in [0.25, 0.3) is 31.6 Å². The van der Waals surface area contributed by atoms with E-state index in [1.165, 1.54) is 34.8 Å². The van der Waals surface area contributed by atoms with Crippen LogP contribution in [0.4, 0.5) is 11.4 Å². The van der Waals surface area contributed by atoms with E-state index in [0.717, 1.165) is 20.4 Å². The van der Waals surface area contributed by atoms with Crippen LogP contribution >= 0.6 is 22.7 Å². The number of aromatic nitrogens is 2. The molecule has 0 radical (unpaired) electrons. The number of benzene rings is 3. The maximum atomic E-state index is 13.1. The number of hydrogen-bond donors (Lipinski definition) is 1. The molecule has 1 amide bonds. The van der Waals surface area contributed by atoms with Gasteiger partial charge in [-0.3, -0.25) is 14.9 Å². The van der Waals surface area contributed by atoms with Crippen molar-refractivity contribution < 1.29 is 9.72 Å². The van der Waals surface area contributed by atoms with E-state index in [9.17, 15) is 14.9 Å². The predicted octanol–water partition coefficient (Wildman–Crippen LogP) is 5.73. The van der Waals surface area contributed by atoms with Crippen LogP contribution in [0.2, 0.25) is 0 Å². The Hall–Kier alpha value is -3.95. The third-order valence-electron chi connectivity index (χ3n) is 5.22. The standard InChI is InChI=1S/C23H12N4O3S2/c28-21-19(13-11-12(27(29)30)9-10-14(13)24-21)20(22-25-15-5-1-3-7-17(15)31-22)23-26-16-6-2-4-8-18(16)32-23/h1-11H,(H,24,28). The molecule has 0 saturated carbocycles. The van der Waals surface area contributed by atoms with Crippen molar-refractivity contribution in [2.24, 2.45) is 0 Å². The molecule has 0 fully saturated rings. The molecule has 0 bridgehead atoms. The lowest BCUT2D eigenvalue weighted by atomic mass is 10.0. The molecule has 3 aromatic carbocycles. The average Bonchev–Trinajstić information content (AvgIpc) is 3.48. The summed E-state index contributed by atoms with van der Waals surface area (Å²) in [6, 6.07) is 19.9. The van der Waals surface area contributed by atoms with Gasteiger partial charge in [0, 0.05) is 23.4 Å². The molecule has 1 N–H and O–H groups in total. The van der Waals surface area contributed by atoms with E-state index < -0.39 is 4.92 Å². The van der Waals surface area contributed by atoms with Crippen LogP contribution in [0.1, 0.15) is 15.6 Å². The molecule has 2 aromatic heterocycles. The summed E-state index contributed by atoms with van der Waals surface area (Å²) in [6.45, 7) is 0. The van der Waals surface area contributed by atoms with Crippen molar-refractivity contribution in [2.75, 3.05) is 5.32 Å². The SMILES string of the molecule is O=C1Nc2ccc([N+](=O)[O-])cc2C1=C(c1nc2ccccc2s1)c1nc2ccccc2s1. The molecule has 5 aromatic rings. The Labute approximate surface area is 188 Å². The summed E-state index contributed by atoms with van der Waals surface area (Å²) in [6.07, 6.45) is 0. The molecule has 7 nitrogen and oxygen atoms in total. The van der Waals surface area contributed by atoms with Gasteiger partial charge in [-0.1, -0.05) is 24.3 Å². The molecule has 0 aliphatic carbocycles. The van der Waals surface area contributed by atoms with Gasteiger partial charge in [0.15, 0.2) is 0 Å². The summed E-state index contributed by atoms with van der Waals surface area (Å²) < 4.78 is 1.97. The number of carbonyl (C=O) groups is 1. The van der Waals surface area contributed by atoms with Crippen LogP contribution in [0, 0.1) is 10.1 Å². The number of rotatable bonds is 3. The Morgan fingerprint density at radius 2 is 1.47 bits per heavy atom. The van der Waals surface area contributed by atoms with E-state index in [1.54, 1.807) is 6.07 Å². The van der Waals surface area contributed by atoms with Gasteiger partial charge in [0.2, 0.25) is 0 Å². The van der Waals surface area contributed by atoms with Gasteiger partial charge in [0.1, 0.15) is 10.0 Å². The zero-order valence-electron chi connectivity index (χ0n) is 16.2. The predicted molar refractivity (Wildman–Crippen MR) is 127 cm³/mol. The molecule has 154 valence electrons. The highest BCUT2D eigenvalue weighted by atomic mass is 32.1. The fraction of sp³-hybridized carbons (Fsp3) is 0. The lowest BCUT2D eigenvalue weighted by Crippen LogP contribution is -2.06. The monoisotopic (exact) mass is 456 g/mol. The number of para-hydroxylation sites is 2. The lowest BCUT2D eigenvalue weighted by Gasteiger charge is -2.06. The van der Waals surface area contributed by atoms with Crippen molar-refractivity contribution in [1.29, 1.82) is 0 Å². The normalized spacial score (nSPS) is 12.9. The Morgan fingerprint density at radius 3 is 2.03 bits per heavy atom. The smallest absolute Gasteiger partial charge is 0.270 e. The average molecular weight is 457 g/mol. The number of hydrogen-bond acceptors (Lipinski definition) is 7. The molecule has 32 heavy (non-hydrogen) atoms. The largest absolute Gasteiger partial charge is 0.321 e. The van der Waals surface area contributed by atoms with Crippen LogP contribution in [0.5, 0.6) is 0 Å². The van der Waals surface area contributed by atoms with Gasteiger partial charge < -0.3 is 5.32 Å². The number of nitrogens with zero attached hydrogens (tertiary/aromatic N) is 3. The molecule has 0 saturated heterocycles. The Morgan fingerprint density at radius 1 is 0.875 bits per heavy atom. The minimum Gasteiger partial charge on any atom is -0.321 e. The minimum absolute atomic E-state index is 0.0781. The Kier molecular flexibility index (Phi) is 4.14. The van der Waals surface area contributed by atoms with Gasteiger partial charge in [0.25, 0.3) is 11.6 Å². The van der Waals surface area contributed by atoms with Crippen molar-refractivity contribution in [2.45, 2.75) is 0 Å². The summed E-state index contributed by atoms with van der Waals surface area (Å²) in [5, 5.41) is 15.5. The molecular formula is C23H12N4O3S2. The summed E-state index contributed by atoms with van der Waals surface area (Å²) in [4.78, 5) is 33.6. The van der Waals surface area contributed by atoms with Crippen LogP contribution in [0.15, 0.2) is 66.7 Å². The Bertz CT molecular complexity index is 1470. The van der Waals surface area contributed by atoms with Crippen LogP contribution in [0.3, 0.4) is 0 Å². The van der Waals surface area contributed by atoms with Gasteiger partial charge >= 0.3 is 0 Å². The molecule has 9 heteroatoms. The highest BCUT2D eigenvalue weighted by Crippen LogP contribution is 2.44. The number of amides is 1. The molecule has 1 aliphatic heterocycles. The molecule has 3 heterocycles. The molecule has 0 spiro atoms. The number of fused-ring (bicyclic) bond motifs is 3. The van der Waals surface area contributed by atoms with E-state index in [4.69, 9.17) is 9.97 Å². The fourth-order valence-corrected chi connectivity index (χ4v) is 5.88. The van der Waals surface area contributed by atoms with Gasteiger partial charge in [-0.05, 0) is 30.3 Å². The molecule has 1 aliphatic rings. The van der Waals surface area contributed by atoms with E-state index in [1.807, 2.05) is 48.5 Å². The summed E-state index contributed by atoms with van der Waals surface area (Å²) in [5.41, 5.74) is 3.53. The van der Waals surface area contributed by atoms with Crippen LogP contribution < -0.4 is 5.32 Å². The maximum Gasteiger partial charge on any atom is 0.270 e. The summed E-state index contributed by atoms with van der Waals surface area (Å²) >= 11 is 2.94. The second-order valence-electron chi connectivity index (χ2n) is 7.16. The van der Waals surface area contributed by atoms with Crippen LogP contribution in [-0.2, 0) is 4.79 Å². The quantitative estimate of drug-likeness (QED) is 0.213. The van der Waals surface area contributed by atoms with Crippen molar-refractivity contribution >= 4 is 71.5 Å². The molecule has 6 rings (SSSR count). The second kappa shape index (κ2) is 7.04. The highest BCUT2D eigenvalue weighted by molar-refractivity contribution is 7.22. The third-order valence-corrected chi connectivity index (χ3v) is 7.33. The lowest BCUT2D eigenvalue weighted by molar-refractivity contribution is -0.384. The Balaban J connectivity index is 1.69. The van der Waals surface area contributed by atoms with E-state index in [0.29, 0.717) is 32.4 Å². The minimum atomic E-state index is -0.463. The van der Waals surface area contributed by atoms with E-state index in [-0.39, 0.29) is 11.6 Å². The van der Waals surface area contributed by atoms with E-state index in [2.05, 4.69) is 5.32 Å². The van der Waals surface area contributed by atoms with Gasteiger partial charge in [-0.25, -0.2) is 9.97 Å². The highest BCUT2D eigenvalue weighted by Gasteiger charge is 2.32. The first-order valence-electron chi connectivity index (χ1n) is 9.65. The summed E-state index contributed by atoms with van der Waals surface area (Å²) in [5.74, 6) is -0.325. The molecular weight excluding hydrogens is 444 g/mol. The number of nitro groups is 1. The number of nitrogens with one attached hydrogen (secondary N) is 1. The second-order valence-corrected chi connectivity index (χ2v) is 9.23. The first-order valence-corrected chi connectivity index (χ1v) is 11.3. The third kappa shape index (κ3) is 2.90. The van der Waals surface area contributed by atoms with Crippen molar-refractivity contribution in [3.63, 3.8) is 0 Å². The molecule has 0 atom stereocenters. The molecule has 0 unspecified atom stereocenters. The number of thiazole rings is 2. The van der Waals surface area contributed by atoms with E-state index >= 15 is 0 Å². The summed E-state index contributed by atoms with van der Waals surface area (Å²) in [7, 11) is 0. The topological polar surface area (TPSA) is 98.0 Å². The maximum absolute atomic E-state index is 13.1. The zero-order chi connectivity index (χ0) is 21.8.